The summed E-state index contributed by atoms with van der Waals surface area (Å²) < 4.78 is 0. The summed E-state index contributed by atoms with van der Waals surface area (Å²) in [6.45, 7) is 0.0215. The SMILES string of the molecule is N#CCN(CC#N)c1ccc(Cl)cc1CO. The van der Waals surface area contributed by atoms with Gasteiger partial charge >= 0.3 is 0 Å². The van der Waals surface area contributed by atoms with Gasteiger partial charge in [-0.05, 0) is 18.2 Å². The van der Waals surface area contributed by atoms with Gasteiger partial charge in [0.15, 0.2) is 0 Å². The molecule has 1 aromatic carbocycles. The maximum atomic E-state index is 9.18. The summed E-state index contributed by atoms with van der Waals surface area (Å²) in [5.74, 6) is 0. The van der Waals surface area contributed by atoms with Crippen molar-refractivity contribution in [1.82, 2.24) is 0 Å². The second kappa shape index (κ2) is 5.97. The van der Waals surface area contributed by atoms with Crippen LogP contribution in [0, 0.1) is 22.7 Å². The standard InChI is InChI=1S/C11H10ClN3O/c12-10-1-2-11(9(7-10)8-16)15(5-3-13)6-4-14/h1-2,7,16H,5-6,8H2. The first-order chi connectivity index (χ1) is 7.72. The molecular weight excluding hydrogens is 226 g/mol. The van der Waals surface area contributed by atoms with Crippen molar-refractivity contribution >= 4 is 17.3 Å². The molecule has 0 spiro atoms. The zero-order valence-corrected chi connectivity index (χ0v) is 9.28. The van der Waals surface area contributed by atoms with Crippen molar-refractivity contribution in [2.45, 2.75) is 6.61 Å². The summed E-state index contributed by atoms with van der Waals surface area (Å²) in [4.78, 5) is 1.59. The van der Waals surface area contributed by atoms with E-state index < -0.39 is 0 Å². The van der Waals surface area contributed by atoms with Gasteiger partial charge in [0.1, 0.15) is 13.1 Å². The number of aliphatic hydroxyl groups is 1. The molecule has 82 valence electrons. The molecule has 0 aliphatic heterocycles. The summed E-state index contributed by atoms with van der Waals surface area (Å²) in [5.41, 5.74) is 1.27. The minimum absolute atomic E-state index is 0.0994. The molecule has 0 unspecified atom stereocenters. The largest absolute Gasteiger partial charge is 0.392 e. The fraction of sp³-hybridized carbons (Fsp3) is 0.273. The molecule has 0 aliphatic rings. The third-order valence-electron chi connectivity index (χ3n) is 2.08. The fourth-order valence-corrected chi connectivity index (χ4v) is 1.58. The van der Waals surface area contributed by atoms with Gasteiger partial charge in [-0.1, -0.05) is 11.6 Å². The van der Waals surface area contributed by atoms with Crippen LogP contribution in [0.15, 0.2) is 18.2 Å². The van der Waals surface area contributed by atoms with E-state index in [-0.39, 0.29) is 19.7 Å². The van der Waals surface area contributed by atoms with Crippen LogP contribution in [0.2, 0.25) is 5.02 Å². The molecule has 4 nitrogen and oxygen atoms in total. The molecule has 0 fully saturated rings. The first-order valence-electron chi connectivity index (χ1n) is 4.61. The highest BCUT2D eigenvalue weighted by atomic mass is 35.5. The van der Waals surface area contributed by atoms with E-state index in [1.54, 1.807) is 23.1 Å². The number of benzene rings is 1. The number of rotatable bonds is 4. The molecule has 16 heavy (non-hydrogen) atoms. The Morgan fingerprint density at radius 2 is 1.88 bits per heavy atom. The Hall–Kier alpha value is -1.75. The average Bonchev–Trinajstić information content (AvgIpc) is 2.28. The maximum absolute atomic E-state index is 9.18. The maximum Gasteiger partial charge on any atom is 0.106 e. The normalized spacial score (nSPS) is 9.25. The minimum Gasteiger partial charge on any atom is -0.392 e. The highest BCUT2D eigenvalue weighted by molar-refractivity contribution is 6.30. The lowest BCUT2D eigenvalue weighted by molar-refractivity contribution is 0.282. The number of hydrogen-bond acceptors (Lipinski definition) is 4. The van der Waals surface area contributed by atoms with Crippen molar-refractivity contribution in [3.63, 3.8) is 0 Å². The monoisotopic (exact) mass is 235 g/mol. The van der Waals surface area contributed by atoms with Gasteiger partial charge in [0.05, 0.1) is 18.7 Å². The zero-order valence-electron chi connectivity index (χ0n) is 8.52. The van der Waals surface area contributed by atoms with E-state index in [2.05, 4.69) is 0 Å². The van der Waals surface area contributed by atoms with E-state index in [0.29, 0.717) is 16.3 Å². The summed E-state index contributed by atoms with van der Waals surface area (Å²) >= 11 is 5.79. The molecule has 1 N–H and O–H groups in total. The third kappa shape index (κ3) is 2.87. The van der Waals surface area contributed by atoms with Crippen molar-refractivity contribution < 1.29 is 5.11 Å². The van der Waals surface area contributed by atoms with Crippen LogP contribution in [0.5, 0.6) is 0 Å². The number of nitriles is 2. The third-order valence-corrected chi connectivity index (χ3v) is 2.31. The Bertz CT molecular complexity index is 432. The molecule has 0 saturated carbocycles. The minimum atomic E-state index is -0.177. The molecule has 0 aliphatic carbocycles. The second-order valence-corrected chi connectivity index (χ2v) is 3.54. The molecule has 0 atom stereocenters. The number of halogens is 1. The molecule has 1 rings (SSSR count). The molecule has 0 radical (unpaired) electrons. The number of nitrogens with zero attached hydrogens (tertiary/aromatic N) is 3. The van der Waals surface area contributed by atoms with Crippen molar-refractivity contribution in [2.75, 3.05) is 18.0 Å². The lowest BCUT2D eigenvalue weighted by atomic mass is 10.1. The molecule has 1 aromatic rings. The predicted molar refractivity (Wildman–Crippen MR) is 60.8 cm³/mol. The van der Waals surface area contributed by atoms with Crippen LogP contribution in [-0.2, 0) is 6.61 Å². The van der Waals surface area contributed by atoms with E-state index in [0.717, 1.165) is 0 Å². The van der Waals surface area contributed by atoms with Gasteiger partial charge in [0.2, 0.25) is 0 Å². The summed E-state index contributed by atoms with van der Waals surface area (Å²) in [6.07, 6.45) is 0. The van der Waals surface area contributed by atoms with Crippen LogP contribution in [0.4, 0.5) is 5.69 Å². The van der Waals surface area contributed by atoms with Crippen molar-refractivity contribution in [3.05, 3.63) is 28.8 Å². The van der Waals surface area contributed by atoms with Crippen LogP contribution < -0.4 is 4.90 Å². The molecule has 5 heteroatoms. The molecular formula is C11H10ClN3O. The Kier molecular flexibility index (Phi) is 4.60. The molecule has 0 amide bonds. The van der Waals surface area contributed by atoms with Gasteiger partial charge in [-0.15, -0.1) is 0 Å². The van der Waals surface area contributed by atoms with Gasteiger partial charge in [-0.2, -0.15) is 10.5 Å². The zero-order chi connectivity index (χ0) is 12.0. The van der Waals surface area contributed by atoms with E-state index in [9.17, 15) is 5.11 Å². The van der Waals surface area contributed by atoms with Crippen molar-refractivity contribution in [2.24, 2.45) is 0 Å². The fourth-order valence-electron chi connectivity index (χ4n) is 1.39. The van der Waals surface area contributed by atoms with Crippen LogP contribution in [0.1, 0.15) is 5.56 Å². The topological polar surface area (TPSA) is 71.0 Å². The number of aliphatic hydroxyl groups excluding tert-OH is 1. The van der Waals surface area contributed by atoms with Gasteiger partial charge < -0.3 is 10.0 Å². The Morgan fingerprint density at radius 3 is 2.38 bits per heavy atom. The Morgan fingerprint density at radius 1 is 1.25 bits per heavy atom. The number of anilines is 1. The molecule has 0 bridgehead atoms. The van der Waals surface area contributed by atoms with E-state index in [1.165, 1.54) is 0 Å². The Balaban J connectivity index is 3.09. The van der Waals surface area contributed by atoms with Gasteiger partial charge in [0.25, 0.3) is 0 Å². The highest BCUT2D eigenvalue weighted by Crippen LogP contribution is 2.24. The number of hydrogen-bond donors (Lipinski definition) is 1. The lowest BCUT2D eigenvalue weighted by Gasteiger charge is -2.21. The van der Waals surface area contributed by atoms with Crippen LogP contribution in [0.3, 0.4) is 0 Å². The highest BCUT2D eigenvalue weighted by Gasteiger charge is 2.10. The van der Waals surface area contributed by atoms with E-state index >= 15 is 0 Å². The predicted octanol–water partition coefficient (Wildman–Crippen LogP) is 1.69. The van der Waals surface area contributed by atoms with Crippen molar-refractivity contribution in [1.29, 1.82) is 10.5 Å². The Labute approximate surface area is 98.9 Å². The van der Waals surface area contributed by atoms with Gasteiger partial charge in [0, 0.05) is 16.3 Å². The lowest BCUT2D eigenvalue weighted by Crippen LogP contribution is -2.24. The molecule has 0 aromatic heterocycles. The summed E-state index contributed by atoms with van der Waals surface area (Å²) in [5, 5.41) is 27.0. The van der Waals surface area contributed by atoms with E-state index in [1.807, 2.05) is 12.1 Å². The van der Waals surface area contributed by atoms with Gasteiger partial charge in [-0.25, -0.2) is 0 Å². The molecule has 0 heterocycles. The second-order valence-electron chi connectivity index (χ2n) is 3.10. The first kappa shape index (κ1) is 12.3. The average molecular weight is 236 g/mol. The smallest absolute Gasteiger partial charge is 0.106 e. The van der Waals surface area contributed by atoms with Crippen LogP contribution in [-0.4, -0.2) is 18.2 Å². The van der Waals surface area contributed by atoms with E-state index in [4.69, 9.17) is 22.1 Å². The van der Waals surface area contributed by atoms with Crippen LogP contribution in [0.25, 0.3) is 0 Å². The van der Waals surface area contributed by atoms with Crippen molar-refractivity contribution in [3.8, 4) is 12.1 Å². The summed E-state index contributed by atoms with van der Waals surface area (Å²) in [6, 6.07) is 8.94. The summed E-state index contributed by atoms with van der Waals surface area (Å²) in [7, 11) is 0. The first-order valence-corrected chi connectivity index (χ1v) is 4.99. The van der Waals surface area contributed by atoms with Gasteiger partial charge in [-0.3, -0.25) is 0 Å². The van der Waals surface area contributed by atoms with Crippen LogP contribution >= 0.6 is 11.6 Å². The quantitative estimate of drug-likeness (QED) is 0.806. The molecule has 0 saturated heterocycles.